The van der Waals surface area contributed by atoms with Gasteiger partial charge >= 0.3 is 0 Å². The molecule has 0 unspecified atom stereocenters. The lowest BCUT2D eigenvalue weighted by Gasteiger charge is -2.34. The molecule has 1 aliphatic rings. The number of rotatable bonds is 7. The summed E-state index contributed by atoms with van der Waals surface area (Å²) in [6, 6.07) is 16.2. The summed E-state index contributed by atoms with van der Waals surface area (Å²) in [6.45, 7) is 6.38. The smallest absolute Gasteiger partial charge is 0.260 e. The summed E-state index contributed by atoms with van der Waals surface area (Å²) >= 11 is 0. The molecule has 1 fully saturated rings. The van der Waals surface area contributed by atoms with Crippen LogP contribution in [0.2, 0.25) is 0 Å². The minimum absolute atomic E-state index is 0.0267. The van der Waals surface area contributed by atoms with Crippen molar-refractivity contribution >= 4 is 11.8 Å². The third kappa shape index (κ3) is 6.08. The molecule has 0 aromatic heterocycles. The van der Waals surface area contributed by atoms with Gasteiger partial charge in [0.1, 0.15) is 5.75 Å². The van der Waals surface area contributed by atoms with E-state index in [1.165, 1.54) is 11.1 Å². The number of carbonyl (C=O) groups is 2. The van der Waals surface area contributed by atoms with E-state index in [0.29, 0.717) is 32.6 Å². The zero-order valence-electron chi connectivity index (χ0n) is 17.4. The van der Waals surface area contributed by atoms with Gasteiger partial charge in [-0.05, 0) is 43.9 Å². The fourth-order valence-electron chi connectivity index (χ4n) is 3.64. The number of piperazine rings is 1. The molecule has 0 aliphatic carbocycles. The van der Waals surface area contributed by atoms with E-state index in [-0.39, 0.29) is 18.4 Å². The molecule has 29 heavy (non-hydrogen) atoms. The first-order valence-electron chi connectivity index (χ1n) is 10.3. The summed E-state index contributed by atoms with van der Waals surface area (Å²) in [4.78, 5) is 28.6. The Morgan fingerprint density at radius 3 is 2.21 bits per heavy atom. The lowest BCUT2D eigenvalue weighted by Crippen LogP contribution is -2.51. The van der Waals surface area contributed by atoms with E-state index in [9.17, 15) is 9.59 Å². The van der Waals surface area contributed by atoms with Crippen LogP contribution in [-0.2, 0) is 16.0 Å². The maximum atomic E-state index is 12.5. The van der Waals surface area contributed by atoms with Crippen molar-refractivity contribution in [2.45, 2.75) is 33.1 Å². The van der Waals surface area contributed by atoms with Gasteiger partial charge in [0, 0.05) is 32.6 Å². The van der Waals surface area contributed by atoms with Crippen molar-refractivity contribution in [3.8, 4) is 5.75 Å². The average molecular weight is 395 g/mol. The summed E-state index contributed by atoms with van der Waals surface area (Å²) < 4.78 is 5.70. The van der Waals surface area contributed by atoms with Gasteiger partial charge in [-0.15, -0.1) is 0 Å². The van der Waals surface area contributed by atoms with E-state index in [0.717, 1.165) is 24.2 Å². The standard InChI is InChI=1S/C24H30N2O3/c1-19-11-12-22(20(2)17-19)29-18-24(28)26-15-13-25(14-16-26)23(27)10-6-9-21-7-4-3-5-8-21/h3-5,7-8,11-12,17H,6,9-10,13-16,18H2,1-2H3. The predicted octanol–water partition coefficient (Wildman–Crippen LogP) is 3.38. The highest BCUT2D eigenvalue weighted by Crippen LogP contribution is 2.19. The van der Waals surface area contributed by atoms with Crippen LogP contribution in [0.4, 0.5) is 0 Å². The molecule has 154 valence electrons. The number of hydrogen-bond donors (Lipinski definition) is 0. The van der Waals surface area contributed by atoms with Crippen molar-refractivity contribution in [1.29, 1.82) is 0 Å². The molecular formula is C24H30N2O3. The number of amides is 2. The summed E-state index contributed by atoms with van der Waals surface area (Å²) in [5.74, 6) is 0.900. The molecule has 1 heterocycles. The lowest BCUT2D eigenvalue weighted by atomic mass is 10.1. The highest BCUT2D eigenvalue weighted by Gasteiger charge is 2.24. The molecule has 2 aromatic carbocycles. The van der Waals surface area contributed by atoms with E-state index in [2.05, 4.69) is 12.1 Å². The Morgan fingerprint density at radius 1 is 0.897 bits per heavy atom. The first-order valence-corrected chi connectivity index (χ1v) is 10.3. The highest BCUT2D eigenvalue weighted by molar-refractivity contribution is 5.79. The fourth-order valence-corrected chi connectivity index (χ4v) is 3.64. The van der Waals surface area contributed by atoms with Gasteiger partial charge in [-0.1, -0.05) is 48.0 Å². The quantitative estimate of drug-likeness (QED) is 0.723. The van der Waals surface area contributed by atoms with Crippen molar-refractivity contribution in [2.75, 3.05) is 32.8 Å². The Labute approximate surface area is 173 Å². The van der Waals surface area contributed by atoms with Crippen LogP contribution in [0, 0.1) is 13.8 Å². The number of nitrogens with zero attached hydrogens (tertiary/aromatic N) is 2. The second-order valence-corrected chi connectivity index (χ2v) is 7.66. The van der Waals surface area contributed by atoms with Gasteiger partial charge < -0.3 is 14.5 Å². The van der Waals surface area contributed by atoms with Crippen LogP contribution in [0.25, 0.3) is 0 Å². The molecule has 1 aliphatic heterocycles. The van der Waals surface area contributed by atoms with Crippen LogP contribution < -0.4 is 4.74 Å². The van der Waals surface area contributed by atoms with Crippen LogP contribution in [0.1, 0.15) is 29.5 Å². The summed E-state index contributed by atoms with van der Waals surface area (Å²) in [5, 5.41) is 0. The van der Waals surface area contributed by atoms with Crippen LogP contribution >= 0.6 is 0 Å². The van der Waals surface area contributed by atoms with Gasteiger partial charge in [-0.25, -0.2) is 0 Å². The number of benzene rings is 2. The van der Waals surface area contributed by atoms with Gasteiger partial charge in [0.15, 0.2) is 6.61 Å². The largest absolute Gasteiger partial charge is 0.484 e. The first-order chi connectivity index (χ1) is 14.0. The Hall–Kier alpha value is -2.82. The second-order valence-electron chi connectivity index (χ2n) is 7.66. The third-order valence-corrected chi connectivity index (χ3v) is 5.37. The molecule has 3 rings (SSSR count). The minimum Gasteiger partial charge on any atom is -0.484 e. The van der Waals surface area contributed by atoms with E-state index in [1.807, 2.05) is 55.1 Å². The van der Waals surface area contributed by atoms with Crippen LogP contribution in [0.3, 0.4) is 0 Å². The topological polar surface area (TPSA) is 49.9 Å². The molecule has 2 amide bonds. The van der Waals surface area contributed by atoms with Crippen molar-refractivity contribution in [3.63, 3.8) is 0 Å². The Bertz CT molecular complexity index is 827. The number of aryl methyl sites for hydroxylation is 3. The SMILES string of the molecule is Cc1ccc(OCC(=O)N2CCN(C(=O)CCCc3ccccc3)CC2)c(C)c1. The van der Waals surface area contributed by atoms with Gasteiger partial charge in [-0.3, -0.25) is 9.59 Å². The van der Waals surface area contributed by atoms with Gasteiger partial charge in [0.25, 0.3) is 5.91 Å². The minimum atomic E-state index is -0.0267. The number of carbonyl (C=O) groups excluding carboxylic acids is 2. The molecule has 0 N–H and O–H groups in total. The summed E-state index contributed by atoms with van der Waals surface area (Å²) in [6.07, 6.45) is 2.32. The molecule has 0 atom stereocenters. The third-order valence-electron chi connectivity index (χ3n) is 5.37. The van der Waals surface area contributed by atoms with Crippen molar-refractivity contribution < 1.29 is 14.3 Å². The van der Waals surface area contributed by atoms with E-state index in [1.54, 1.807) is 4.90 Å². The molecule has 1 saturated heterocycles. The molecule has 0 saturated carbocycles. The Kier molecular flexibility index (Phi) is 7.28. The van der Waals surface area contributed by atoms with Crippen molar-refractivity contribution in [2.24, 2.45) is 0 Å². The van der Waals surface area contributed by atoms with Crippen molar-refractivity contribution in [3.05, 3.63) is 65.2 Å². The average Bonchev–Trinajstić information content (AvgIpc) is 2.74. The maximum absolute atomic E-state index is 12.5. The lowest BCUT2D eigenvalue weighted by molar-refractivity contribution is -0.140. The fraction of sp³-hybridized carbons (Fsp3) is 0.417. The first kappa shape index (κ1) is 20.9. The zero-order valence-corrected chi connectivity index (χ0v) is 17.4. The monoisotopic (exact) mass is 394 g/mol. The van der Waals surface area contributed by atoms with Crippen molar-refractivity contribution in [1.82, 2.24) is 9.80 Å². The highest BCUT2D eigenvalue weighted by atomic mass is 16.5. The number of hydrogen-bond acceptors (Lipinski definition) is 3. The molecule has 2 aromatic rings. The maximum Gasteiger partial charge on any atom is 0.260 e. The summed E-state index contributed by atoms with van der Waals surface area (Å²) in [7, 11) is 0. The molecular weight excluding hydrogens is 364 g/mol. The molecule has 0 bridgehead atoms. The van der Waals surface area contributed by atoms with Crippen LogP contribution in [-0.4, -0.2) is 54.4 Å². The predicted molar refractivity (Wildman–Crippen MR) is 114 cm³/mol. The van der Waals surface area contributed by atoms with Gasteiger partial charge in [0.2, 0.25) is 5.91 Å². The van der Waals surface area contributed by atoms with E-state index < -0.39 is 0 Å². The summed E-state index contributed by atoms with van der Waals surface area (Å²) in [5.41, 5.74) is 3.47. The van der Waals surface area contributed by atoms with Crippen LogP contribution in [0.15, 0.2) is 48.5 Å². The molecule has 5 nitrogen and oxygen atoms in total. The Morgan fingerprint density at radius 2 is 1.55 bits per heavy atom. The molecule has 0 spiro atoms. The van der Waals surface area contributed by atoms with Crippen LogP contribution in [0.5, 0.6) is 5.75 Å². The van der Waals surface area contributed by atoms with E-state index >= 15 is 0 Å². The Balaban J connectivity index is 1.37. The normalized spacial score (nSPS) is 14.0. The molecule has 5 heteroatoms. The van der Waals surface area contributed by atoms with Gasteiger partial charge in [0.05, 0.1) is 0 Å². The van der Waals surface area contributed by atoms with E-state index in [4.69, 9.17) is 4.74 Å². The molecule has 0 radical (unpaired) electrons. The van der Waals surface area contributed by atoms with Gasteiger partial charge in [-0.2, -0.15) is 0 Å². The zero-order chi connectivity index (χ0) is 20.6. The second kappa shape index (κ2) is 10.1. The number of ether oxygens (including phenoxy) is 1.